The van der Waals surface area contributed by atoms with Crippen molar-refractivity contribution in [2.24, 2.45) is 16.0 Å². The maximum Gasteiger partial charge on any atom is 0.332 e. The van der Waals surface area contributed by atoms with E-state index in [1.54, 1.807) is 12.1 Å². The minimum absolute atomic E-state index is 0.0137. The van der Waals surface area contributed by atoms with E-state index < -0.39 is 6.03 Å². The monoisotopic (exact) mass is 444 g/mol. The molecule has 1 atom stereocenters. The summed E-state index contributed by atoms with van der Waals surface area (Å²) in [4.78, 5) is 16.7. The average Bonchev–Trinajstić information content (AvgIpc) is 3.44. The van der Waals surface area contributed by atoms with E-state index in [0.717, 1.165) is 5.56 Å². The third kappa shape index (κ3) is 4.09. The molecule has 10 nitrogen and oxygen atoms in total. The van der Waals surface area contributed by atoms with Crippen molar-refractivity contribution in [2.75, 3.05) is 21.0 Å². The predicted octanol–water partition coefficient (Wildman–Crippen LogP) is 2.31. The molecule has 2 aliphatic rings. The maximum atomic E-state index is 13.2. The number of primary amides is 1. The number of hydrazone groups is 1. The number of benzene rings is 2. The topological polar surface area (TPSA) is 126 Å². The molecule has 11 heteroatoms. The van der Waals surface area contributed by atoms with Gasteiger partial charge in [0.2, 0.25) is 18.3 Å². The second-order valence-electron chi connectivity index (χ2n) is 6.94. The van der Waals surface area contributed by atoms with Crippen LogP contribution in [0.1, 0.15) is 23.1 Å². The molecule has 168 valence electrons. The number of amides is 2. The Labute approximate surface area is 182 Å². The summed E-state index contributed by atoms with van der Waals surface area (Å²) >= 11 is 0. The molecular weight excluding hydrogens is 423 g/mol. The Morgan fingerprint density at radius 1 is 1.25 bits per heavy atom. The molecule has 3 N–H and O–H groups in total. The van der Waals surface area contributed by atoms with Gasteiger partial charge in [-0.25, -0.2) is 14.6 Å². The largest absolute Gasteiger partial charge is 0.492 e. The van der Waals surface area contributed by atoms with Crippen LogP contribution in [0.25, 0.3) is 0 Å². The minimum atomic E-state index is -0.812. The van der Waals surface area contributed by atoms with Gasteiger partial charge < -0.3 is 29.5 Å². The Balaban J connectivity index is 1.67. The molecular formula is C21H21FN4O6. The Bertz CT molecular complexity index is 1090. The highest BCUT2D eigenvalue weighted by Gasteiger charge is 2.33. The van der Waals surface area contributed by atoms with Crippen LogP contribution in [0.4, 0.5) is 9.18 Å². The number of methoxy groups -OCH3 is 2. The van der Waals surface area contributed by atoms with Gasteiger partial charge in [-0.3, -0.25) is 0 Å². The third-order valence-electron chi connectivity index (χ3n) is 4.99. The highest BCUT2D eigenvalue weighted by molar-refractivity contribution is 6.01. The number of carbonyl (C=O) groups is 1. The van der Waals surface area contributed by atoms with Crippen molar-refractivity contribution in [2.45, 2.75) is 18.9 Å². The Morgan fingerprint density at radius 3 is 2.66 bits per heavy atom. The fourth-order valence-electron chi connectivity index (χ4n) is 3.63. The van der Waals surface area contributed by atoms with Crippen LogP contribution in [0, 0.1) is 5.82 Å². The molecule has 0 spiro atoms. The van der Waals surface area contributed by atoms with Crippen LogP contribution < -0.4 is 30.1 Å². The molecule has 2 amide bonds. The summed E-state index contributed by atoms with van der Waals surface area (Å²) < 4.78 is 35.6. The minimum Gasteiger partial charge on any atom is -0.492 e. The first-order valence-corrected chi connectivity index (χ1v) is 9.65. The molecule has 0 unspecified atom stereocenters. The van der Waals surface area contributed by atoms with E-state index in [4.69, 9.17) is 29.5 Å². The zero-order valence-electron chi connectivity index (χ0n) is 17.4. The summed E-state index contributed by atoms with van der Waals surface area (Å²) in [5.74, 6) is 1.22. The van der Waals surface area contributed by atoms with Crippen LogP contribution in [0.2, 0.25) is 0 Å². The van der Waals surface area contributed by atoms with Crippen LogP contribution in [0.15, 0.2) is 34.5 Å². The second-order valence-corrected chi connectivity index (χ2v) is 6.94. The number of hydrogen-bond donors (Lipinski definition) is 2. The van der Waals surface area contributed by atoms with E-state index in [2.05, 4.69) is 15.7 Å². The number of fused-ring (bicyclic) bond motifs is 1. The summed E-state index contributed by atoms with van der Waals surface area (Å²) in [6.07, 6.45) is 1.89. The number of carbonyl (C=O) groups excluding carboxylic acids is 1. The number of nitrogens with zero attached hydrogens (tertiary/aromatic N) is 2. The van der Waals surface area contributed by atoms with Crippen molar-refractivity contribution >= 4 is 18.0 Å². The lowest BCUT2D eigenvalue weighted by Gasteiger charge is -2.19. The van der Waals surface area contributed by atoms with Crippen molar-refractivity contribution in [3.05, 3.63) is 46.8 Å². The number of halogens is 1. The third-order valence-corrected chi connectivity index (χ3v) is 4.99. The van der Waals surface area contributed by atoms with Gasteiger partial charge in [0, 0.05) is 24.0 Å². The molecule has 0 fully saturated rings. The van der Waals surface area contributed by atoms with Gasteiger partial charge in [-0.1, -0.05) is 17.3 Å². The number of urea groups is 1. The van der Waals surface area contributed by atoms with Crippen LogP contribution in [0.5, 0.6) is 23.0 Å². The summed E-state index contributed by atoms with van der Waals surface area (Å²) in [7, 11) is 3.00. The van der Waals surface area contributed by atoms with E-state index in [0.29, 0.717) is 52.7 Å². The number of rotatable bonds is 7. The van der Waals surface area contributed by atoms with Gasteiger partial charge in [0.25, 0.3) is 0 Å². The molecule has 2 aromatic rings. The predicted molar refractivity (Wildman–Crippen MR) is 112 cm³/mol. The normalized spacial score (nSPS) is 16.6. The Kier molecular flexibility index (Phi) is 5.97. The number of oxime groups is 1. The SMILES string of the molecule is COc1c(C[C@@H]2CC(c3ccc(F)cc3)=NO2)c(/C=N\NC(N)=O)c2c(c1OC)OCO2. The average molecular weight is 444 g/mol. The van der Waals surface area contributed by atoms with E-state index in [-0.39, 0.29) is 18.7 Å². The summed E-state index contributed by atoms with van der Waals surface area (Å²) in [6, 6.07) is 5.23. The lowest BCUT2D eigenvalue weighted by Crippen LogP contribution is -2.24. The van der Waals surface area contributed by atoms with Gasteiger partial charge in [0.15, 0.2) is 11.5 Å². The Hall–Kier alpha value is -4.02. The van der Waals surface area contributed by atoms with Gasteiger partial charge in [-0.05, 0) is 17.7 Å². The molecule has 2 aromatic carbocycles. The van der Waals surface area contributed by atoms with Crippen LogP contribution >= 0.6 is 0 Å². The molecule has 0 saturated carbocycles. The van der Waals surface area contributed by atoms with Crippen molar-refractivity contribution in [1.29, 1.82) is 0 Å². The zero-order chi connectivity index (χ0) is 22.7. The summed E-state index contributed by atoms with van der Waals surface area (Å²) in [6.45, 7) is -0.0137. The van der Waals surface area contributed by atoms with Crippen LogP contribution in [-0.2, 0) is 11.3 Å². The molecule has 0 bridgehead atoms. The summed E-state index contributed by atoms with van der Waals surface area (Å²) in [5, 5.41) is 8.03. The van der Waals surface area contributed by atoms with Gasteiger partial charge in [0.1, 0.15) is 11.9 Å². The lowest BCUT2D eigenvalue weighted by atomic mass is 9.95. The number of ether oxygens (including phenoxy) is 4. The second kappa shape index (κ2) is 9.00. The number of nitrogens with two attached hydrogens (primary N) is 1. The molecule has 2 aliphatic heterocycles. The van der Waals surface area contributed by atoms with Gasteiger partial charge in [0.05, 0.1) is 26.1 Å². The molecule has 0 saturated heterocycles. The highest BCUT2D eigenvalue weighted by atomic mass is 19.1. The van der Waals surface area contributed by atoms with Crippen molar-refractivity contribution in [3.8, 4) is 23.0 Å². The van der Waals surface area contributed by atoms with Crippen LogP contribution in [-0.4, -0.2) is 45.1 Å². The van der Waals surface area contributed by atoms with Crippen molar-refractivity contribution in [3.63, 3.8) is 0 Å². The first-order chi connectivity index (χ1) is 15.5. The van der Waals surface area contributed by atoms with Gasteiger partial charge in [-0.2, -0.15) is 5.10 Å². The quantitative estimate of drug-likeness (QED) is 0.499. The smallest absolute Gasteiger partial charge is 0.332 e. The molecule has 0 aliphatic carbocycles. The van der Waals surface area contributed by atoms with E-state index >= 15 is 0 Å². The molecule has 32 heavy (non-hydrogen) atoms. The maximum absolute atomic E-state index is 13.2. The van der Waals surface area contributed by atoms with Crippen molar-refractivity contribution < 1.29 is 33.0 Å². The first kappa shape index (κ1) is 21.2. The van der Waals surface area contributed by atoms with Crippen LogP contribution in [0.3, 0.4) is 0 Å². The van der Waals surface area contributed by atoms with Gasteiger partial charge in [-0.15, -0.1) is 0 Å². The zero-order valence-corrected chi connectivity index (χ0v) is 17.4. The number of hydrogen-bond acceptors (Lipinski definition) is 8. The molecule has 0 aromatic heterocycles. The standard InChI is InChI=1S/C21H21FN4O6/c1-28-17-14(7-13-8-16(26-32-13)11-3-5-12(22)6-4-11)15(9-24-25-21(23)27)18-20(19(17)29-2)31-10-30-18/h3-6,9,13H,7-8,10H2,1-2H3,(H3,23,25,27)/b24-9-/t13-/m1/s1. The van der Waals surface area contributed by atoms with Crippen molar-refractivity contribution in [1.82, 2.24) is 5.43 Å². The fraction of sp³-hybridized carbons (Fsp3) is 0.286. The first-order valence-electron chi connectivity index (χ1n) is 9.65. The Morgan fingerprint density at radius 2 is 1.97 bits per heavy atom. The number of nitrogens with one attached hydrogen (secondary N) is 1. The molecule has 4 rings (SSSR count). The molecule has 0 radical (unpaired) electrons. The van der Waals surface area contributed by atoms with E-state index in [1.807, 2.05) is 0 Å². The summed E-state index contributed by atoms with van der Waals surface area (Å²) in [5.41, 5.74) is 9.91. The van der Waals surface area contributed by atoms with E-state index in [1.165, 1.54) is 32.6 Å². The highest BCUT2D eigenvalue weighted by Crippen LogP contribution is 2.52. The molecule has 2 heterocycles. The fourth-order valence-corrected chi connectivity index (χ4v) is 3.63. The lowest BCUT2D eigenvalue weighted by molar-refractivity contribution is 0.0853. The van der Waals surface area contributed by atoms with Gasteiger partial charge >= 0.3 is 6.03 Å². The van der Waals surface area contributed by atoms with E-state index in [9.17, 15) is 9.18 Å².